The van der Waals surface area contributed by atoms with Crippen LogP contribution in [0.2, 0.25) is 0 Å². The summed E-state index contributed by atoms with van der Waals surface area (Å²) in [5, 5.41) is 3.52. The number of ketones is 1. The number of carbonyl (C=O) groups is 1. The standard InChI is InChI=1S/C27H19NOS/c1-18(20-10-7-11-22(16-20)27(29)19-8-3-2-4-9-19)21-14-15-26-24(17-21)28-23-12-5-6-13-25(23)30-26/h2-17,28H,1H2. The first kappa shape index (κ1) is 18.5. The van der Waals surface area contributed by atoms with Crippen molar-refractivity contribution in [3.8, 4) is 0 Å². The number of anilines is 2. The van der Waals surface area contributed by atoms with E-state index in [4.69, 9.17) is 0 Å². The van der Waals surface area contributed by atoms with E-state index >= 15 is 0 Å². The van der Waals surface area contributed by atoms with Crippen LogP contribution in [0.1, 0.15) is 27.0 Å². The molecule has 0 amide bonds. The number of hydrogen-bond donors (Lipinski definition) is 1. The third-order valence-corrected chi connectivity index (χ3v) is 6.37. The molecule has 4 aromatic carbocycles. The first-order valence-corrected chi connectivity index (χ1v) is 10.6. The second-order valence-electron chi connectivity index (χ2n) is 7.19. The number of nitrogens with one attached hydrogen (secondary N) is 1. The van der Waals surface area contributed by atoms with Gasteiger partial charge in [0, 0.05) is 20.9 Å². The Bertz CT molecular complexity index is 1280. The smallest absolute Gasteiger partial charge is 0.193 e. The molecule has 0 saturated carbocycles. The van der Waals surface area contributed by atoms with Gasteiger partial charge in [0.15, 0.2) is 5.78 Å². The molecule has 0 spiro atoms. The van der Waals surface area contributed by atoms with E-state index in [1.807, 2.05) is 60.7 Å². The Kier molecular flexibility index (Phi) is 4.74. The molecule has 0 unspecified atom stereocenters. The van der Waals surface area contributed by atoms with Crippen LogP contribution >= 0.6 is 11.8 Å². The molecule has 5 rings (SSSR count). The third-order valence-electron chi connectivity index (χ3n) is 5.21. The van der Waals surface area contributed by atoms with Crippen molar-refractivity contribution in [2.45, 2.75) is 9.79 Å². The Hall–Kier alpha value is -3.56. The van der Waals surface area contributed by atoms with Gasteiger partial charge < -0.3 is 5.32 Å². The van der Waals surface area contributed by atoms with Gasteiger partial charge >= 0.3 is 0 Å². The normalized spacial score (nSPS) is 11.7. The fourth-order valence-corrected chi connectivity index (χ4v) is 4.57. The Morgan fingerprint density at radius 3 is 2.17 bits per heavy atom. The summed E-state index contributed by atoms with van der Waals surface area (Å²) in [7, 11) is 0. The van der Waals surface area contributed by atoms with Gasteiger partial charge in [-0.15, -0.1) is 0 Å². The maximum Gasteiger partial charge on any atom is 0.193 e. The number of fused-ring (bicyclic) bond motifs is 2. The maximum absolute atomic E-state index is 12.8. The summed E-state index contributed by atoms with van der Waals surface area (Å²) in [4.78, 5) is 15.2. The molecule has 1 heterocycles. The molecular weight excluding hydrogens is 386 g/mol. The molecule has 2 nitrogen and oxygen atoms in total. The SMILES string of the molecule is C=C(c1cccc(C(=O)c2ccccc2)c1)c1ccc2c(c1)Nc1ccccc1S2. The van der Waals surface area contributed by atoms with Gasteiger partial charge in [0.25, 0.3) is 0 Å². The minimum Gasteiger partial charge on any atom is -0.354 e. The number of para-hydroxylation sites is 1. The first-order valence-electron chi connectivity index (χ1n) is 9.76. The van der Waals surface area contributed by atoms with Crippen molar-refractivity contribution in [1.29, 1.82) is 0 Å². The summed E-state index contributed by atoms with van der Waals surface area (Å²) >= 11 is 1.77. The minimum absolute atomic E-state index is 0.0189. The van der Waals surface area contributed by atoms with E-state index in [0.717, 1.165) is 28.1 Å². The van der Waals surface area contributed by atoms with Gasteiger partial charge in [0.2, 0.25) is 0 Å². The van der Waals surface area contributed by atoms with Crippen LogP contribution in [0.25, 0.3) is 5.57 Å². The van der Waals surface area contributed by atoms with Crippen molar-refractivity contribution >= 4 is 34.5 Å². The van der Waals surface area contributed by atoms with E-state index in [1.54, 1.807) is 11.8 Å². The van der Waals surface area contributed by atoms with Crippen molar-refractivity contribution in [3.05, 3.63) is 126 Å². The molecule has 4 aromatic rings. The highest BCUT2D eigenvalue weighted by Gasteiger charge is 2.17. The molecular formula is C27H19NOS. The molecule has 1 N–H and O–H groups in total. The highest BCUT2D eigenvalue weighted by molar-refractivity contribution is 7.99. The van der Waals surface area contributed by atoms with E-state index in [-0.39, 0.29) is 5.78 Å². The second-order valence-corrected chi connectivity index (χ2v) is 8.27. The third kappa shape index (κ3) is 3.44. The van der Waals surface area contributed by atoms with Crippen LogP contribution in [0.4, 0.5) is 11.4 Å². The molecule has 1 aliphatic rings. The van der Waals surface area contributed by atoms with Gasteiger partial charge in [-0.2, -0.15) is 0 Å². The fourth-order valence-electron chi connectivity index (χ4n) is 3.60. The predicted molar refractivity (Wildman–Crippen MR) is 125 cm³/mol. The number of carbonyl (C=O) groups excluding carboxylic acids is 1. The summed E-state index contributed by atoms with van der Waals surface area (Å²) in [6.07, 6.45) is 0. The lowest BCUT2D eigenvalue weighted by atomic mass is 9.95. The lowest BCUT2D eigenvalue weighted by Gasteiger charge is -2.21. The van der Waals surface area contributed by atoms with E-state index in [9.17, 15) is 4.79 Å². The minimum atomic E-state index is 0.0189. The average Bonchev–Trinajstić information content (AvgIpc) is 2.82. The molecule has 0 saturated heterocycles. The van der Waals surface area contributed by atoms with Crippen molar-refractivity contribution in [3.63, 3.8) is 0 Å². The van der Waals surface area contributed by atoms with Crippen LogP contribution in [-0.2, 0) is 0 Å². The van der Waals surface area contributed by atoms with Crippen LogP contribution in [-0.4, -0.2) is 5.78 Å². The Balaban J connectivity index is 1.44. The van der Waals surface area contributed by atoms with Crippen molar-refractivity contribution < 1.29 is 4.79 Å². The topological polar surface area (TPSA) is 29.1 Å². The second kappa shape index (κ2) is 7.69. The molecule has 0 atom stereocenters. The van der Waals surface area contributed by atoms with Gasteiger partial charge in [-0.05, 0) is 47.0 Å². The lowest BCUT2D eigenvalue weighted by molar-refractivity contribution is 0.103. The molecule has 30 heavy (non-hydrogen) atoms. The fraction of sp³-hybridized carbons (Fsp3) is 0. The van der Waals surface area contributed by atoms with Crippen LogP contribution in [0.15, 0.2) is 113 Å². The molecule has 0 aromatic heterocycles. The highest BCUT2D eigenvalue weighted by Crippen LogP contribution is 2.44. The van der Waals surface area contributed by atoms with Crippen LogP contribution in [0.3, 0.4) is 0 Å². The Morgan fingerprint density at radius 1 is 0.633 bits per heavy atom. The van der Waals surface area contributed by atoms with Crippen LogP contribution in [0, 0.1) is 0 Å². The van der Waals surface area contributed by atoms with E-state index < -0.39 is 0 Å². The average molecular weight is 406 g/mol. The summed E-state index contributed by atoms with van der Waals surface area (Å²) in [6.45, 7) is 4.32. The number of benzene rings is 4. The van der Waals surface area contributed by atoms with E-state index in [1.165, 1.54) is 9.79 Å². The van der Waals surface area contributed by atoms with Gasteiger partial charge in [0.1, 0.15) is 0 Å². The van der Waals surface area contributed by atoms with Gasteiger partial charge in [0.05, 0.1) is 11.4 Å². The van der Waals surface area contributed by atoms with Crippen molar-refractivity contribution in [2.24, 2.45) is 0 Å². The summed E-state index contributed by atoms with van der Waals surface area (Å²) < 4.78 is 0. The maximum atomic E-state index is 12.8. The molecule has 3 heteroatoms. The molecule has 0 aliphatic carbocycles. The van der Waals surface area contributed by atoms with Gasteiger partial charge in [-0.25, -0.2) is 0 Å². The zero-order valence-electron chi connectivity index (χ0n) is 16.3. The van der Waals surface area contributed by atoms with Gasteiger partial charge in [-0.1, -0.05) is 85.1 Å². The summed E-state index contributed by atoms with van der Waals surface area (Å²) in [5.74, 6) is 0.0189. The lowest BCUT2D eigenvalue weighted by Crippen LogP contribution is -2.02. The monoisotopic (exact) mass is 405 g/mol. The van der Waals surface area contributed by atoms with Crippen LogP contribution in [0.5, 0.6) is 0 Å². The first-order chi connectivity index (χ1) is 14.7. The van der Waals surface area contributed by atoms with E-state index in [2.05, 4.69) is 48.3 Å². The highest BCUT2D eigenvalue weighted by atomic mass is 32.2. The Labute approximate surface area is 180 Å². The summed E-state index contributed by atoms with van der Waals surface area (Å²) in [5.41, 5.74) is 6.42. The molecule has 1 aliphatic heterocycles. The van der Waals surface area contributed by atoms with Crippen molar-refractivity contribution in [2.75, 3.05) is 5.32 Å². The zero-order valence-corrected chi connectivity index (χ0v) is 17.1. The summed E-state index contributed by atoms with van der Waals surface area (Å²) in [6, 6.07) is 31.7. The molecule has 0 fully saturated rings. The van der Waals surface area contributed by atoms with Crippen LogP contribution < -0.4 is 5.32 Å². The predicted octanol–water partition coefficient (Wildman–Crippen LogP) is 7.19. The molecule has 0 bridgehead atoms. The quantitative estimate of drug-likeness (QED) is 0.321. The number of hydrogen-bond acceptors (Lipinski definition) is 3. The number of rotatable bonds is 4. The van der Waals surface area contributed by atoms with E-state index in [0.29, 0.717) is 11.1 Å². The molecule has 144 valence electrons. The largest absolute Gasteiger partial charge is 0.354 e. The molecule has 0 radical (unpaired) electrons. The van der Waals surface area contributed by atoms with Gasteiger partial charge in [-0.3, -0.25) is 4.79 Å². The zero-order chi connectivity index (χ0) is 20.5. The Morgan fingerprint density at radius 2 is 1.30 bits per heavy atom. The van der Waals surface area contributed by atoms with Crippen molar-refractivity contribution in [1.82, 2.24) is 0 Å².